The van der Waals surface area contributed by atoms with Gasteiger partial charge >= 0.3 is 0 Å². The molecule has 0 aliphatic carbocycles. The molecule has 4 amide bonds. The molecule has 1 heterocycles. The highest BCUT2D eigenvalue weighted by molar-refractivity contribution is 8.18. The Morgan fingerprint density at radius 2 is 1.69 bits per heavy atom. The Morgan fingerprint density at radius 3 is 2.44 bits per heavy atom. The Morgan fingerprint density at radius 1 is 1.00 bits per heavy atom. The Kier molecular flexibility index (Phi) is 8.46. The summed E-state index contributed by atoms with van der Waals surface area (Å²) in [6.07, 6.45) is 1.66. The average molecular weight is 474 g/mol. The average Bonchev–Trinajstić information content (AvgIpc) is 3.03. The summed E-state index contributed by atoms with van der Waals surface area (Å²) in [4.78, 5) is 49.8. The molecular weight excluding hydrogens is 453 g/mol. The summed E-state index contributed by atoms with van der Waals surface area (Å²) in [5.41, 5.74) is 0.906. The Balaban J connectivity index is 1.37. The molecule has 7 nitrogen and oxygen atoms in total. The SMILES string of the molecule is O=C(CSCC(=O)Nc1ccccc1F)NCCN1C(=O)S/C(=C\c2ccccc2)C1=O. The fourth-order valence-corrected chi connectivity index (χ4v) is 4.25. The molecule has 0 unspecified atom stereocenters. The van der Waals surface area contributed by atoms with Gasteiger partial charge in [0.15, 0.2) is 0 Å². The standard InChI is InChI=1S/C22H20FN3O4S2/c23-16-8-4-5-9-17(16)25-20(28)14-31-13-19(27)24-10-11-26-21(29)18(32-22(26)30)12-15-6-2-1-3-7-15/h1-9,12H,10-11,13-14H2,(H,24,27)(H,25,28)/b18-12-. The number of imide groups is 1. The van der Waals surface area contributed by atoms with Crippen LogP contribution in [0.1, 0.15) is 5.56 Å². The number of carbonyl (C=O) groups excluding carboxylic acids is 4. The Hall–Kier alpha value is -3.11. The molecule has 0 spiro atoms. The van der Waals surface area contributed by atoms with Crippen molar-refractivity contribution in [2.24, 2.45) is 0 Å². The third-order valence-electron chi connectivity index (χ3n) is 4.24. The zero-order valence-corrected chi connectivity index (χ0v) is 18.5. The second kappa shape index (κ2) is 11.5. The molecular formula is C22H20FN3O4S2. The van der Waals surface area contributed by atoms with E-state index in [2.05, 4.69) is 10.6 Å². The van der Waals surface area contributed by atoms with Crippen LogP contribution in [0.2, 0.25) is 0 Å². The van der Waals surface area contributed by atoms with E-state index in [0.717, 1.165) is 34.0 Å². The van der Waals surface area contributed by atoms with E-state index in [0.29, 0.717) is 4.91 Å². The smallest absolute Gasteiger partial charge is 0.293 e. The largest absolute Gasteiger partial charge is 0.354 e. The van der Waals surface area contributed by atoms with Crippen molar-refractivity contribution in [1.29, 1.82) is 0 Å². The summed E-state index contributed by atoms with van der Waals surface area (Å²) in [5, 5.41) is 4.68. The number of benzene rings is 2. The van der Waals surface area contributed by atoms with Crippen LogP contribution in [-0.2, 0) is 14.4 Å². The lowest BCUT2D eigenvalue weighted by Gasteiger charge is -2.13. The molecule has 166 valence electrons. The van der Waals surface area contributed by atoms with Crippen LogP contribution >= 0.6 is 23.5 Å². The van der Waals surface area contributed by atoms with Gasteiger partial charge in [-0.2, -0.15) is 0 Å². The first-order chi connectivity index (χ1) is 15.4. The third-order valence-corrected chi connectivity index (χ3v) is 6.08. The van der Waals surface area contributed by atoms with Crippen LogP contribution in [0.15, 0.2) is 59.5 Å². The van der Waals surface area contributed by atoms with Gasteiger partial charge in [-0.25, -0.2) is 4.39 Å². The number of hydrogen-bond donors (Lipinski definition) is 2. The molecule has 32 heavy (non-hydrogen) atoms. The van der Waals surface area contributed by atoms with Crippen LogP contribution in [0.4, 0.5) is 14.9 Å². The van der Waals surface area contributed by atoms with Gasteiger partial charge < -0.3 is 10.6 Å². The van der Waals surface area contributed by atoms with E-state index in [4.69, 9.17) is 0 Å². The number of nitrogens with one attached hydrogen (secondary N) is 2. The zero-order chi connectivity index (χ0) is 22.9. The predicted molar refractivity (Wildman–Crippen MR) is 124 cm³/mol. The molecule has 0 radical (unpaired) electrons. The van der Waals surface area contributed by atoms with Crippen molar-refractivity contribution in [1.82, 2.24) is 10.2 Å². The monoisotopic (exact) mass is 473 g/mol. The topological polar surface area (TPSA) is 95.6 Å². The predicted octanol–water partition coefficient (Wildman–Crippen LogP) is 3.35. The fraction of sp³-hybridized carbons (Fsp3) is 0.182. The van der Waals surface area contributed by atoms with Crippen LogP contribution in [0.25, 0.3) is 6.08 Å². The van der Waals surface area contributed by atoms with Crippen molar-refractivity contribution in [2.45, 2.75) is 0 Å². The molecule has 1 saturated heterocycles. The first-order valence-electron chi connectivity index (χ1n) is 9.63. The molecule has 0 bridgehead atoms. The van der Waals surface area contributed by atoms with Crippen LogP contribution < -0.4 is 10.6 Å². The number of para-hydroxylation sites is 1. The molecule has 2 aromatic rings. The van der Waals surface area contributed by atoms with Crippen molar-refractivity contribution >= 4 is 58.2 Å². The summed E-state index contributed by atoms with van der Waals surface area (Å²) in [6.45, 7) is 0.165. The number of halogens is 1. The van der Waals surface area contributed by atoms with E-state index in [1.807, 2.05) is 30.3 Å². The minimum Gasteiger partial charge on any atom is -0.354 e. The molecule has 1 fully saturated rings. The van der Waals surface area contributed by atoms with Gasteiger partial charge in [-0.15, -0.1) is 11.8 Å². The lowest BCUT2D eigenvalue weighted by atomic mass is 10.2. The highest BCUT2D eigenvalue weighted by Gasteiger charge is 2.34. The van der Waals surface area contributed by atoms with Gasteiger partial charge in [-0.1, -0.05) is 42.5 Å². The molecule has 2 aromatic carbocycles. The van der Waals surface area contributed by atoms with Crippen molar-refractivity contribution in [3.63, 3.8) is 0 Å². The molecule has 1 aliphatic rings. The number of carbonyl (C=O) groups is 4. The van der Waals surface area contributed by atoms with Crippen molar-refractivity contribution in [2.75, 3.05) is 29.9 Å². The zero-order valence-electron chi connectivity index (χ0n) is 16.9. The minimum absolute atomic E-state index is 0.0144. The number of hydrogen-bond acceptors (Lipinski definition) is 6. The molecule has 0 saturated carbocycles. The molecule has 0 atom stereocenters. The first kappa shape index (κ1) is 23.6. The van der Waals surface area contributed by atoms with Crippen LogP contribution in [0.3, 0.4) is 0 Å². The molecule has 0 aromatic heterocycles. The van der Waals surface area contributed by atoms with E-state index < -0.39 is 17.6 Å². The van der Waals surface area contributed by atoms with Crippen LogP contribution in [0, 0.1) is 5.82 Å². The van der Waals surface area contributed by atoms with Gasteiger partial charge in [0.25, 0.3) is 11.1 Å². The summed E-state index contributed by atoms with van der Waals surface area (Å²) >= 11 is 1.94. The number of thioether (sulfide) groups is 2. The summed E-state index contributed by atoms with van der Waals surface area (Å²) in [5.74, 6) is -1.68. The van der Waals surface area contributed by atoms with Gasteiger partial charge in [-0.3, -0.25) is 24.1 Å². The highest BCUT2D eigenvalue weighted by Crippen LogP contribution is 2.31. The van der Waals surface area contributed by atoms with Gasteiger partial charge in [0.1, 0.15) is 5.82 Å². The summed E-state index contributed by atoms with van der Waals surface area (Å²) in [7, 11) is 0. The number of rotatable bonds is 9. The van der Waals surface area contributed by atoms with Gasteiger partial charge in [0, 0.05) is 13.1 Å². The van der Waals surface area contributed by atoms with E-state index in [1.54, 1.807) is 12.1 Å². The number of anilines is 1. The molecule has 2 N–H and O–H groups in total. The summed E-state index contributed by atoms with van der Waals surface area (Å²) in [6, 6.07) is 15.0. The minimum atomic E-state index is -0.533. The Bertz CT molecular complexity index is 1050. The van der Waals surface area contributed by atoms with Crippen molar-refractivity contribution in [3.05, 3.63) is 70.9 Å². The number of amides is 4. The molecule has 1 aliphatic heterocycles. The maximum absolute atomic E-state index is 13.5. The Labute approximate surface area is 192 Å². The quantitative estimate of drug-likeness (QED) is 0.543. The van der Waals surface area contributed by atoms with Crippen molar-refractivity contribution < 1.29 is 23.6 Å². The van der Waals surface area contributed by atoms with Crippen LogP contribution in [0.5, 0.6) is 0 Å². The number of nitrogens with zero attached hydrogens (tertiary/aromatic N) is 1. The van der Waals surface area contributed by atoms with E-state index in [-0.39, 0.29) is 41.4 Å². The van der Waals surface area contributed by atoms with E-state index in [9.17, 15) is 23.6 Å². The maximum atomic E-state index is 13.5. The van der Waals surface area contributed by atoms with Gasteiger partial charge in [0.2, 0.25) is 11.8 Å². The highest BCUT2D eigenvalue weighted by atomic mass is 32.2. The normalized spacial score (nSPS) is 14.7. The molecule has 10 heteroatoms. The lowest BCUT2D eigenvalue weighted by molar-refractivity contribution is -0.123. The van der Waals surface area contributed by atoms with Gasteiger partial charge in [-0.05, 0) is 35.5 Å². The first-order valence-corrected chi connectivity index (χ1v) is 11.6. The second-order valence-electron chi connectivity index (χ2n) is 6.61. The maximum Gasteiger partial charge on any atom is 0.293 e. The van der Waals surface area contributed by atoms with E-state index in [1.165, 1.54) is 18.2 Å². The van der Waals surface area contributed by atoms with Crippen LogP contribution in [-0.4, -0.2) is 52.5 Å². The second-order valence-corrected chi connectivity index (χ2v) is 8.59. The summed E-state index contributed by atoms with van der Waals surface area (Å²) < 4.78 is 13.5. The third kappa shape index (κ3) is 6.69. The van der Waals surface area contributed by atoms with Gasteiger partial charge in [0.05, 0.1) is 22.1 Å². The van der Waals surface area contributed by atoms with E-state index >= 15 is 0 Å². The lowest BCUT2D eigenvalue weighted by Crippen LogP contribution is -2.37. The van der Waals surface area contributed by atoms with Crippen molar-refractivity contribution in [3.8, 4) is 0 Å². The fourth-order valence-electron chi connectivity index (χ4n) is 2.74. The molecule has 3 rings (SSSR count).